The summed E-state index contributed by atoms with van der Waals surface area (Å²) >= 11 is 0. The normalized spacial score (nSPS) is 14.5. The molecule has 0 aromatic heterocycles. The second-order valence-electron chi connectivity index (χ2n) is 31.0. The molecule has 0 rings (SSSR count). The summed E-state index contributed by atoms with van der Waals surface area (Å²) < 4.78 is 68.8. The Morgan fingerprint density at radius 1 is 0.277 bits per heavy atom. The zero-order chi connectivity index (χ0) is 74.6. The Morgan fingerprint density at radius 3 is 0.703 bits per heavy atom. The summed E-state index contributed by atoms with van der Waals surface area (Å²) in [6, 6.07) is 0. The summed E-state index contributed by atoms with van der Waals surface area (Å²) in [7, 11) is -9.92. The van der Waals surface area contributed by atoms with Crippen molar-refractivity contribution in [3.8, 4) is 0 Å². The van der Waals surface area contributed by atoms with Crippen LogP contribution in [0.25, 0.3) is 0 Å². The summed E-state index contributed by atoms with van der Waals surface area (Å²) in [5, 5.41) is 10.6. The van der Waals surface area contributed by atoms with E-state index in [0.29, 0.717) is 25.7 Å². The number of aliphatic hydroxyl groups is 1. The van der Waals surface area contributed by atoms with E-state index in [-0.39, 0.29) is 25.7 Å². The van der Waals surface area contributed by atoms with Gasteiger partial charge in [0.25, 0.3) is 0 Å². The lowest BCUT2D eigenvalue weighted by Gasteiger charge is -2.21. The highest BCUT2D eigenvalue weighted by Crippen LogP contribution is 2.45. The van der Waals surface area contributed by atoms with Gasteiger partial charge in [-0.15, -0.1) is 0 Å². The molecule has 0 amide bonds. The fourth-order valence-corrected chi connectivity index (χ4v) is 14.1. The Labute approximate surface area is 619 Å². The van der Waals surface area contributed by atoms with Crippen LogP contribution < -0.4 is 0 Å². The molecule has 7 atom stereocenters. The number of phosphoric acid groups is 2. The molecule has 101 heavy (non-hydrogen) atoms. The second kappa shape index (κ2) is 71.0. The minimum atomic E-state index is -4.96. The summed E-state index contributed by atoms with van der Waals surface area (Å²) in [6.07, 6.45) is 58.2. The molecule has 19 heteroatoms. The Morgan fingerprint density at radius 2 is 0.475 bits per heavy atom. The lowest BCUT2D eigenvalue weighted by molar-refractivity contribution is -0.161. The number of esters is 4. The molecule has 0 radical (unpaired) electrons. The van der Waals surface area contributed by atoms with Crippen LogP contribution in [0.2, 0.25) is 0 Å². The van der Waals surface area contributed by atoms with Crippen molar-refractivity contribution in [2.75, 3.05) is 39.6 Å². The van der Waals surface area contributed by atoms with Crippen molar-refractivity contribution in [1.82, 2.24) is 0 Å². The zero-order valence-corrected chi connectivity index (χ0v) is 68.3. The average molecular weight is 1480 g/mol. The van der Waals surface area contributed by atoms with Crippen LogP contribution in [0, 0.1) is 23.7 Å². The third-order valence-corrected chi connectivity index (χ3v) is 21.7. The molecule has 0 aliphatic carbocycles. The molecule has 0 heterocycles. The zero-order valence-electron chi connectivity index (χ0n) is 66.5. The van der Waals surface area contributed by atoms with Crippen molar-refractivity contribution in [1.29, 1.82) is 0 Å². The largest absolute Gasteiger partial charge is 0.472 e. The fraction of sp³-hybridized carbons (Fsp3) is 0.951. The SMILES string of the molecule is CCC(C)CCCCCCCCCCCCC(=O)OC[C@H](COP(=O)(O)OC[C@@H](O)COP(=O)(O)OC[C@@H](COC(=O)CCCCCCCCC(C)CC)OC(=O)CCCCCCCCCCCCCCCCCCC(C)C)OC(=O)CCCCCCCCCCCCCCCCCC(C)C. The summed E-state index contributed by atoms with van der Waals surface area (Å²) in [4.78, 5) is 73.1. The number of phosphoric ester groups is 2. The standard InChI is InChI=1S/C82H160O17P2/c1-9-74(7)60-52-44-36-30-26-27-31-37-46-54-62-79(84)92-68-77(98-81(86)64-57-49-39-33-25-21-17-13-15-19-23-29-35-43-51-59-73(5)6)70-96-100(88,89)94-66-76(83)67-95-101(90,91)97-71-78(69-93-80(85)63-55-47-41-40-45-53-61-75(8)10-2)99-82(87)65-56-48-38-32-24-20-16-12-11-14-18-22-28-34-42-50-58-72(3)4/h72-78,83H,9-71H2,1-8H3,(H,88,89)(H,90,91)/t74?,75?,76-,77-,78-/m1/s1. The quantitative estimate of drug-likeness (QED) is 0.0222. The van der Waals surface area contributed by atoms with Gasteiger partial charge in [0.05, 0.1) is 26.4 Å². The molecule has 0 saturated heterocycles. The first kappa shape index (κ1) is 99.1. The molecule has 0 aromatic rings. The summed E-state index contributed by atoms with van der Waals surface area (Å²) in [5.41, 5.74) is 0. The molecule has 0 spiro atoms. The number of carbonyl (C=O) groups is 4. The molecule has 3 N–H and O–H groups in total. The Kier molecular flexibility index (Phi) is 69.6. The van der Waals surface area contributed by atoms with Gasteiger partial charge >= 0.3 is 39.5 Å². The van der Waals surface area contributed by atoms with E-state index < -0.39 is 97.5 Å². The van der Waals surface area contributed by atoms with Gasteiger partial charge in [-0.25, -0.2) is 9.13 Å². The monoisotopic (exact) mass is 1480 g/mol. The van der Waals surface area contributed by atoms with Crippen LogP contribution >= 0.6 is 15.6 Å². The topological polar surface area (TPSA) is 237 Å². The molecule has 600 valence electrons. The van der Waals surface area contributed by atoms with E-state index in [2.05, 4.69) is 55.4 Å². The van der Waals surface area contributed by atoms with Gasteiger partial charge in [-0.1, -0.05) is 370 Å². The molecule has 0 saturated carbocycles. The van der Waals surface area contributed by atoms with Gasteiger partial charge in [-0.3, -0.25) is 37.3 Å². The van der Waals surface area contributed by atoms with E-state index in [1.165, 1.54) is 218 Å². The first-order valence-electron chi connectivity index (χ1n) is 42.3. The van der Waals surface area contributed by atoms with Crippen LogP contribution in [0.5, 0.6) is 0 Å². The highest BCUT2D eigenvalue weighted by molar-refractivity contribution is 7.47. The van der Waals surface area contributed by atoms with E-state index in [4.69, 9.17) is 37.0 Å². The summed E-state index contributed by atoms with van der Waals surface area (Å²) in [5.74, 6) is 1.04. The van der Waals surface area contributed by atoms with Crippen molar-refractivity contribution in [3.63, 3.8) is 0 Å². The number of hydrogen-bond donors (Lipinski definition) is 3. The van der Waals surface area contributed by atoms with Crippen LogP contribution in [0.3, 0.4) is 0 Å². The highest BCUT2D eigenvalue weighted by Gasteiger charge is 2.30. The van der Waals surface area contributed by atoms with Crippen LogP contribution in [-0.4, -0.2) is 96.7 Å². The van der Waals surface area contributed by atoms with E-state index >= 15 is 0 Å². The molecule has 17 nitrogen and oxygen atoms in total. The van der Waals surface area contributed by atoms with Crippen LogP contribution in [0.4, 0.5) is 0 Å². The lowest BCUT2D eigenvalue weighted by atomic mass is 9.99. The van der Waals surface area contributed by atoms with Crippen LogP contribution in [0.1, 0.15) is 421 Å². The molecule has 4 unspecified atom stereocenters. The molecular weight excluding hydrogens is 1320 g/mol. The Hall–Kier alpha value is -1.94. The van der Waals surface area contributed by atoms with Crippen molar-refractivity contribution in [3.05, 3.63) is 0 Å². The van der Waals surface area contributed by atoms with E-state index in [1.807, 2.05) is 0 Å². The Balaban J connectivity index is 5.24. The predicted octanol–water partition coefficient (Wildman–Crippen LogP) is 24.4. The third-order valence-electron chi connectivity index (χ3n) is 19.8. The maximum Gasteiger partial charge on any atom is 0.472 e. The maximum atomic E-state index is 13.1. The van der Waals surface area contributed by atoms with Crippen molar-refractivity contribution < 1.29 is 80.2 Å². The molecular formula is C82H160O17P2. The second-order valence-corrected chi connectivity index (χ2v) is 33.9. The van der Waals surface area contributed by atoms with Gasteiger partial charge in [-0.2, -0.15) is 0 Å². The molecule has 0 fully saturated rings. The van der Waals surface area contributed by atoms with Gasteiger partial charge in [0, 0.05) is 25.7 Å². The van der Waals surface area contributed by atoms with E-state index in [9.17, 15) is 43.2 Å². The number of rotatable bonds is 79. The van der Waals surface area contributed by atoms with Gasteiger partial charge in [0.1, 0.15) is 19.3 Å². The van der Waals surface area contributed by atoms with E-state index in [1.54, 1.807) is 0 Å². The molecule has 0 aliphatic rings. The first-order valence-corrected chi connectivity index (χ1v) is 45.3. The lowest BCUT2D eigenvalue weighted by Crippen LogP contribution is -2.30. The Bertz CT molecular complexity index is 1980. The minimum Gasteiger partial charge on any atom is -0.462 e. The average Bonchev–Trinajstić information content (AvgIpc) is 0.958. The van der Waals surface area contributed by atoms with Gasteiger partial charge in [-0.05, 0) is 49.4 Å². The number of unbranched alkanes of at least 4 members (excludes halogenated alkanes) is 43. The minimum absolute atomic E-state index is 0.107. The number of hydrogen-bond acceptors (Lipinski definition) is 15. The van der Waals surface area contributed by atoms with Gasteiger partial charge in [0.15, 0.2) is 12.2 Å². The van der Waals surface area contributed by atoms with Crippen molar-refractivity contribution in [2.45, 2.75) is 440 Å². The number of ether oxygens (including phenoxy) is 4. The fourth-order valence-electron chi connectivity index (χ4n) is 12.5. The highest BCUT2D eigenvalue weighted by atomic mass is 31.2. The third kappa shape index (κ3) is 73.4. The molecule has 0 aliphatic heterocycles. The predicted molar refractivity (Wildman–Crippen MR) is 414 cm³/mol. The number of carbonyl (C=O) groups excluding carboxylic acids is 4. The van der Waals surface area contributed by atoms with Crippen molar-refractivity contribution in [2.24, 2.45) is 23.7 Å². The van der Waals surface area contributed by atoms with Crippen LogP contribution in [-0.2, 0) is 65.4 Å². The van der Waals surface area contributed by atoms with Crippen molar-refractivity contribution >= 4 is 39.5 Å². The van der Waals surface area contributed by atoms with E-state index in [0.717, 1.165) is 120 Å². The van der Waals surface area contributed by atoms with Gasteiger partial charge in [0.2, 0.25) is 0 Å². The molecule has 0 aromatic carbocycles. The molecule has 0 bridgehead atoms. The smallest absolute Gasteiger partial charge is 0.462 e. The summed E-state index contributed by atoms with van der Waals surface area (Å²) in [6.45, 7) is 14.3. The van der Waals surface area contributed by atoms with Gasteiger partial charge < -0.3 is 33.8 Å². The maximum absolute atomic E-state index is 13.1. The van der Waals surface area contributed by atoms with Crippen LogP contribution in [0.15, 0.2) is 0 Å². The number of aliphatic hydroxyl groups excluding tert-OH is 1. The first-order chi connectivity index (χ1) is 48.7.